The van der Waals surface area contributed by atoms with Gasteiger partial charge in [0.25, 0.3) is 0 Å². The maximum absolute atomic E-state index is 11.3. The van der Waals surface area contributed by atoms with Crippen molar-refractivity contribution >= 4 is 21.7 Å². The Morgan fingerprint density at radius 2 is 2.06 bits per heavy atom. The molecule has 17 heavy (non-hydrogen) atoms. The molecule has 94 valence electrons. The van der Waals surface area contributed by atoms with Gasteiger partial charge in [0.1, 0.15) is 6.10 Å². The molecule has 0 saturated heterocycles. The highest BCUT2D eigenvalue weighted by Gasteiger charge is 2.18. The van der Waals surface area contributed by atoms with E-state index < -0.39 is 12.2 Å². The van der Waals surface area contributed by atoms with Gasteiger partial charge in [-0.1, -0.05) is 34.1 Å². The van der Waals surface area contributed by atoms with E-state index in [1.54, 1.807) is 18.2 Å². The summed E-state index contributed by atoms with van der Waals surface area (Å²) in [6.45, 7) is 3.34. The van der Waals surface area contributed by atoms with E-state index in [2.05, 4.69) is 15.9 Å². The van der Waals surface area contributed by atoms with Crippen molar-refractivity contribution in [2.24, 2.45) is 0 Å². The minimum atomic E-state index is -0.910. The fourth-order valence-corrected chi connectivity index (χ4v) is 2.23. The van der Waals surface area contributed by atoms with E-state index in [0.29, 0.717) is 22.9 Å². The Morgan fingerprint density at radius 1 is 1.41 bits per heavy atom. The number of hydrogen-bond acceptors (Lipinski definition) is 3. The summed E-state index contributed by atoms with van der Waals surface area (Å²) in [5.74, 6) is 0.00421. The van der Waals surface area contributed by atoms with Crippen molar-refractivity contribution in [1.29, 1.82) is 0 Å². The normalized spacial score (nSPS) is 14.4. The van der Waals surface area contributed by atoms with Crippen LogP contribution in [-0.4, -0.2) is 27.4 Å². The highest BCUT2D eigenvalue weighted by Crippen LogP contribution is 2.22. The highest BCUT2D eigenvalue weighted by molar-refractivity contribution is 9.09. The van der Waals surface area contributed by atoms with Crippen LogP contribution in [0.1, 0.15) is 40.9 Å². The molecule has 2 N–H and O–H groups in total. The van der Waals surface area contributed by atoms with Crippen molar-refractivity contribution < 1.29 is 15.0 Å². The molecule has 0 aliphatic heterocycles. The van der Waals surface area contributed by atoms with Crippen molar-refractivity contribution in [3.8, 4) is 0 Å². The SMILES string of the molecule is CC(=O)c1ccc(C(O)C(O)CCBr)cc1C. The average Bonchev–Trinajstić information content (AvgIpc) is 2.27. The van der Waals surface area contributed by atoms with Crippen LogP contribution < -0.4 is 0 Å². The molecule has 1 aromatic rings. The van der Waals surface area contributed by atoms with Gasteiger partial charge in [-0.3, -0.25) is 4.79 Å². The Morgan fingerprint density at radius 3 is 2.53 bits per heavy atom. The van der Waals surface area contributed by atoms with E-state index in [0.717, 1.165) is 5.56 Å². The van der Waals surface area contributed by atoms with E-state index in [9.17, 15) is 15.0 Å². The fraction of sp³-hybridized carbons (Fsp3) is 0.462. The first-order valence-electron chi connectivity index (χ1n) is 5.51. The summed E-state index contributed by atoms with van der Waals surface area (Å²) in [4.78, 5) is 11.3. The minimum absolute atomic E-state index is 0.00421. The van der Waals surface area contributed by atoms with E-state index in [1.807, 2.05) is 6.92 Å². The zero-order valence-corrected chi connectivity index (χ0v) is 11.6. The van der Waals surface area contributed by atoms with Crippen molar-refractivity contribution in [1.82, 2.24) is 0 Å². The lowest BCUT2D eigenvalue weighted by molar-refractivity contribution is 0.0173. The first-order chi connectivity index (χ1) is 7.97. The van der Waals surface area contributed by atoms with Crippen molar-refractivity contribution in [2.75, 3.05) is 5.33 Å². The van der Waals surface area contributed by atoms with Gasteiger partial charge in [-0.05, 0) is 31.4 Å². The molecule has 2 unspecified atom stereocenters. The Hall–Kier alpha value is -0.710. The van der Waals surface area contributed by atoms with Gasteiger partial charge in [0, 0.05) is 10.9 Å². The molecule has 0 saturated carbocycles. The van der Waals surface area contributed by atoms with Crippen LogP contribution in [0.5, 0.6) is 0 Å². The summed E-state index contributed by atoms with van der Waals surface area (Å²) in [6, 6.07) is 5.13. The predicted molar refractivity (Wildman–Crippen MR) is 70.6 cm³/mol. The zero-order chi connectivity index (χ0) is 13.0. The van der Waals surface area contributed by atoms with Crippen molar-refractivity contribution in [3.05, 3.63) is 34.9 Å². The number of alkyl halides is 1. The lowest BCUT2D eigenvalue weighted by Gasteiger charge is -2.18. The van der Waals surface area contributed by atoms with Gasteiger partial charge in [0.2, 0.25) is 0 Å². The number of rotatable bonds is 5. The molecule has 0 heterocycles. The molecular formula is C13H17BrO3. The molecule has 0 fully saturated rings. The summed E-state index contributed by atoms with van der Waals surface area (Å²) in [5, 5.41) is 20.2. The van der Waals surface area contributed by atoms with Crippen molar-refractivity contribution in [2.45, 2.75) is 32.5 Å². The van der Waals surface area contributed by atoms with Crippen molar-refractivity contribution in [3.63, 3.8) is 0 Å². The second-order valence-corrected chi connectivity index (χ2v) is 4.91. The van der Waals surface area contributed by atoms with Gasteiger partial charge in [-0.25, -0.2) is 0 Å². The van der Waals surface area contributed by atoms with Gasteiger partial charge >= 0.3 is 0 Å². The maximum atomic E-state index is 11.3. The number of ketones is 1. The summed E-state index contributed by atoms with van der Waals surface area (Å²) in [5.41, 5.74) is 2.11. The Bertz CT molecular complexity index is 404. The number of aryl methyl sites for hydroxylation is 1. The van der Waals surface area contributed by atoms with Gasteiger partial charge in [-0.2, -0.15) is 0 Å². The second-order valence-electron chi connectivity index (χ2n) is 4.12. The summed E-state index contributed by atoms with van der Waals surface area (Å²) >= 11 is 3.22. The number of carbonyl (C=O) groups is 1. The molecule has 0 aliphatic carbocycles. The molecule has 2 atom stereocenters. The smallest absolute Gasteiger partial charge is 0.160 e. The number of aliphatic hydroxyl groups is 2. The lowest BCUT2D eigenvalue weighted by Crippen LogP contribution is -2.18. The van der Waals surface area contributed by atoms with Gasteiger partial charge in [-0.15, -0.1) is 0 Å². The molecule has 0 spiro atoms. The molecule has 0 aliphatic rings. The monoisotopic (exact) mass is 300 g/mol. The van der Waals surface area contributed by atoms with Crippen LogP contribution >= 0.6 is 15.9 Å². The second kappa shape index (κ2) is 6.28. The molecule has 0 amide bonds. The molecular weight excluding hydrogens is 284 g/mol. The quantitative estimate of drug-likeness (QED) is 0.648. The topological polar surface area (TPSA) is 57.5 Å². The lowest BCUT2D eigenvalue weighted by atomic mass is 9.97. The number of halogens is 1. The van der Waals surface area contributed by atoms with Crippen LogP contribution in [0.2, 0.25) is 0 Å². The van der Waals surface area contributed by atoms with Crippen LogP contribution in [0.4, 0.5) is 0 Å². The minimum Gasteiger partial charge on any atom is -0.390 e. The van der Waals surface area contributed by atoms with E-state index in [-0.39, 0.29) is 5.78 Å². The third-order valence-electron chi connectivity index (χ3n) is 2.74. The Kier molecular flexibility index (Phi) is 5.31. The predicted octanol–water partition coefficient (Wildman–Crippen LogP) is 2.38. The third kappa shape index (κ3) is 3.63. The number of benzene rings is 1. The van der Waals surface area contributed by atoms with E-state index in [1.165, 1.54) is 6.92 Å². The van der Waals surface area contributed by atoms with Gasteiger partial charge in [0.15, 0.2) is 5.78 Å². The summed E-state index contributed by atoms with van der Waals surface area (Å²) in [7, 11) is 0. The standard InChI is InChI=1S/C13H17BrO3/c1-8-7-10(3-4-11(8)9(2)15)13(17)12(16)5-6-14/h3-4,7,12-13,16-17H,5-6H2,1-2H3. The number of Topliss-reactive ketones (excluding diaryl/α,β-unsaturated/α-hetero) is 1. The largest absolute Gasteiger partial charge is 0.390 e. The van der Waals surface area contributed by atoms with Crippen LogP contribution in [0.15, 0.2) is 18.2 Å². The molecule has 0 bridgehead atoms. The van der Waals surface area contributed by atoms with Gasteiger partial charge in [0.05, 0.1) is 6.10 Å². The van der Waals surface area contributed by atoms with E-state index >= 15 is 0 Å². The molecule has 3 nitrogen and oxygen atoms in total. The average molecular weight is 301 g/mol. The molecule has 0 radical (unpaired) electrons. The number of hydrogen-bond donors (Lipinski definition) is 2. The third-order valence-corrected chi connectivity index (χ3v) is 3.20. The van der Waals surface area contributed by atoms with Gasteiger partial charge < -0.3 is 10.2 Å². The number of carbonyl (C=O) groups excluding carboxylic acids is 1. The maximum Gasteiger partial charge on any atom is 0.160 e. The Balaban J connectivity index is 2.93. The molecule has 1 aromatic carbocycles. The van der Waals surface area contributed by atoms with Crippen LogP contribution in [-0.2, 0) is 0 Å². The highest BCUT2D eigenvalue weighted by atomic mass is 79.9. The molecule has 1 rings (SSSR count). The summed E-state index contributed by atoms with van der Waals surface area (Å²) < 4.78 is 0. The molecule has 4 heteroatoms. The summed E-state index contributed by atoms with van der Waals surface area (Å²) in [6.07, 6.45) is -1.22. The van der Waals surface area contributed by atoms with Crippen LogP contribution in [0.25, 0.3) is 0 Å². The first kappa shape index (κ1) is 14.4. The fourth-order valence-electron chi connectivity index (χ4n) is 1.76. The number of aliphatic hydroxyl groups excluding tert-OH is 2. The van der Waals surface area contributed by atoms with Crippen LogP contribution in [0.3, 0.4) is 0 Å². The Labute approximate surface area is 110 Å². The van der Waals surface area contributed by atoms with E-state index in [4.69, 9.17) is 0 Å². The van der Waals surface area contributed by atoms with Crippen LogP contribution in [0, 0.1) is 6.92 Å². The zero-order valence-electron chi connectivity index (χ0n) is 9.98. The molecule has 0 aromatic heterocycles. The first-order valence-corrected chi connectivity index (χ1v) is 6.63.